The molecule has 2 rings (SSSR count). The van der Waals surface area contributed by atoms with Crippen LogP contribution in [0.1, 0.15) is 0 Å². The largest absolute Gasteiger partial charge is 0.482 e. The number of ether oxygens (including phenoxy) is 3. The fourth-order valence-electron chi connectivity index (χ4n) is 1.67. The fourth-order valence-corrected chi connectivity index (χ4v) is 2.13. The van der Waals surface area contributed by atoms with Gasteiger partial charge in [-0.05, 0) is 18.2 Å². The summed E-state index contributed by atoms with van der Waals surface area (Å²) in [5.41, 5.74) is 0. The predicted octanol–water partition coefficient (Wildman–Crippen LogP) is 1.90. The lowest BCUT2D eigenvalue weighted by molar-refractivity contribution is -0.125. The molecule has 1 fully saturated rings. The maximum Gasteiger partial charge on any atom is 0.258 e. The zero-order chi connectivity index (χ0) is 14.4. The van der Waals surface area contributed by atoms with Crippen molar-refractivity contribution in [1.29, 1.82) is 0 Å². The van der Waals surface area contributed by atoms with E-state index in [0.717, 1.165) is 0 Å². The monoisotopic (exact) mass is 319 g/mol. The normalized spacial score (nSPS) is 18.6. The molecule has 0 radical (unpaired) electrons. The van der Waals surface area contributed by atoms with E-state index >= 15 is 0 Å². The van der Waals surface area contributed by atoms with Gasteiger partial charge in [0.15, 0.2) is 6.61 Å². The summed E-state index contributed by atoms with van der Waals surface area (Å²) < 4.78 is 16.0. The highest BCUT2D eigenvalue weighted by Crippen LogP contribution is 2.27. The zero-order valence-electron chi connectivity index (χ0n) is 10.7. The number of rotatable bonds is 5. The first-order valence-electron chi connectivity index (χ1n) is 6.19. The zero-order valence-corrected chi connectivity index (χ0v) is 12.2. The third kappa shape index (κ3) is 4.83. The summed E-state index contributed by atoms with van der Waals surface area (Å²) in [5, 5.41) is 3.60. The van der Waals surface area contributed by atoms with Gasteiger partial charge in [0.25, 0.3) is 5.91 Å². The van der Waals surface area contributed by atoms with Crippen LogP contribution in [-0.4, -0.2) is 45.0 Å². The molecule has 7 heteroatoms. The van der Waals surface area contributed by atoms with Crippen molar-refractivity contribution in [2.24, 2.45) is 0 Å². The maximum absolute atomic E-state index is 11.6. The minimum absolute atomic E-state index is 0.105. The van der Waals surface area contributed by atoms with E-state index in [9.17, 15) is 4.79 Å². The number of benzene rings is 1. The molecule has 1 aromatic carbocycles. The van der Waals surface area contributed by atoms with Gasteiger partial charge in [-0.2, -0.15) is 0 Å². The number of amides is 1. The number of hydrogen-bond acceptors (Lipinski definition) is 4. The van der Waals surface area contributed by atoms with E-state index in [1.54, 1.807) is 18.2 Å². The van der Waals surface area contributed by atoms with Crippen LogP contribution < -0.4 is 10.1 Å². The number of carbonyl (C=O) groups is 1. The Bertz CT molecular complexity index is 464. The molecule has 0 aromatic heterocycles. The average Bonchev–Trinajstić information content (AvgIpc) is 2.45. The summed E-state index contributed by atoms with van der Waals surface area (Å²) in [6.45, 7) is 1.93. The molecule has 20 heavy (non-hydrogen) atoms. The van der Waals surface area contributed by atoms with Crippen molar-refractivity contribution in [1.82, 2.24) is 5.32 Å². The molecular formula is C13H15Cl2NO4. The molecule has 0 unspecified atom stereocenters. The molecule has 0 bridgehead atoms. The summed E-state index contributed by atoms with van der Waals surface area (Å²) in [5.74, 6) is 0.175. The van der Waals surface area contributed by atoms with Crippen LogP contribution in [0.25, 0.3) is 0 Å². The van der Waals surface area contributed by atoms with Gasteiger partial charge in [0, 0.05) is 11.6 Å². The van der Waals surface area contributed by atoms with Crippen molar-refractivity contribution in [2.75, 3.05) is 33.0 Å². The van der Waals surface area contributed by atoms with E-state index in [1.807, 2.05) is 0 Å². The predicted molar refractivity (Wildman–Crippen MR) is 75.5 cm³/mol. The Morgan fingerprint density at radius 3 is 2.95 bits per heavy atom. The van der Waals surface area contributed by atoms with Crippen LogP contribution in [0.2, 0.25) is 10.0 Å². The van der Waals surface area contributed by atoms with Crippen molar-refractivity contribution >= 4 is 29.1 Å². The summed E-state index contributed by atoms with van der Waals surface area (Å²) in [6.07, 6.45) is -0.105. The lowest BCUT2D eigenvalue weighted by atomic mass is 10.3. The number of halogens is 2. The first kappa shape index (κ1) is 15.4. The molecule has 1 saturated heterocycles. The van der Waals surface area contributed by atoms with E-state index in [1.165, 1.54) is 0 Å². The molecule has 1 N–H and O–H groups in total. The van der Waals surface area contributed by atoms with E-state index in [4.69, 9.17) is 37.4 Å². The van der Waals surface area contributed by atoms with Gasteiger partial charge in [-0.25, -0.2) is 0 Å². The highest BCUT2D eigenvalue weighted by Gasteiger charge is 2.15. The Morgan fingerprint density at radius 2 is 2.25 bits per heavy atom. The molecule has 1 aromatic rings. The lowest BCUT2D eigenvalue weighted by Crippen LogP contribution is -2.41. The van der Waals surface area contributed by atoms with Crippen LogP contribution in [-0.2, 0) is 14.3 Å². The van der Waals surface area contributed by atoms with E-state index in [2.05, 4.69) is 5.32 Å². The van der Waals surface area contributed by atoms with Crippen LogP contribution in [0, 0.1) is 0 Å². The van der Waals surface area contributed by atoms with Crippen LogP contribution in [0.3, 0.4) is 0 Å². The van der Waals surface area contributed by atoms with Gasteiger partial charge in [0.2, 0.25) is 0 Å². The quantitative estimate of drug-likeness (QED) is 0.900. The van der Waals surface area contributed by atoms with Crippen molar-refractivity contribution in [2.45, 2.75) is 6.10 Å². The number of carbonyl (C=O) groups excluding carboxylic acids is 1. The highest BCUT2D eigenvalue weighted by molar-refractivity contribution is 6.35. The van der Waals surface area contributed by atoms with E-state index in [-0.39, 0.29) is 18.6 Å². The lowest BCUT2D eigenvalue weighted by Gasteiger charge is -2.23. The Kier molecular flexibility index (Phi) is 5.91. The second-order valence-corrected chi connectivity index (χ2v) is 5.08. The van der Waals surface area contributed by atoms with Crippen LogP contribution >= 0.6 is 23.2 Å². The summed E-state index contributed by atoms with van der Waals surface area (Å²) in [4.78, 5) is 11.6. The topological polar surface area (TPSA) is 56.8 Å². The molecule has 5 nitrogen and oxygen atoms in total. The standard InChI is InChI=1S/C13H15Cl2NO4/c14-9-1-2-12(11(15)5-9)20-8-13(17)16-6-10-7-18-3-4-19-10/h1-2,5,10H,3-4,6-8H2,(H,16,17)/t10-/m0/s1. The third-order valence-corrected chi connectivity index (χ3v) is 3.20. The second kappa shape index (κ2) is 7.69. The Morgan fingerprint density at radius 1 is 1.40 bits per heavy atom. The maximum atomic E-state index is 11.6. The molecule has 0 saturated carbocycles. The third-order valence-electron chi connectivity index (χ3n) is 2.66. The first-order valence-corrected chi connectivity index (χ1v) is 6.94. The van der Waals surface area contributed by atoms with Gasteiger partial charge in [-0.3, -0.25) is 4.79 Å². The average molecular weight is 320 g/mol. The van der Waals surface area contributed by atoms with Crippen molar-refractivity contribution in [3.05, 3.63) is 28.2 Å². The molecule has 1 aliphatic heterocycles. The van der Waals surface area contributed by atoms with Crippen molar-refractivity contribution < 1.29 is 19.0 Å². The van der Waals surface area contributed by atoms with Gasteiger partial charge in [-0.15, -0.1) is 0 Å². The fraction of sp³-hybridized carbons (Fsp3) is 0.462. The Balaban J connectivity index is 1.71. The molecule has 1 aliphatic rings. The molecule has 1 amide bonds. The minimum atomic E-state index is -0.245. The Hall–Kier alpha value is -1.01. The summed E-state index contributed by atoms with van der Waals surface area (Å²) in [6, 6.07) is 4.83. The molecule has 110 valence electrons. The van der Waals surface area contributed by atoms with Gasteiger partial charge >= 0.3 is 0 Å². The van der Waals surface area contributed by atoms with E-state index < -0.39 is 0 Å². The summed E-state index contributed by atoms with van der Waals surface area (Å²) in [7, 11) is 0. The molecule has 1 atom stereocenters. The van der Waals surface area contributed by atoms with Crippen LogP contribution in [0.15, 0.2) is 18.2 Å². The summed E-state index contributed by atoms with van der Waals surface area (Å²) >= 11 is 11.7. The number of hydrogen-bond donors (Lipinski definition) is 1. The van der Waals surface area contributed by atoms with Crippen LogP contribution in [0.5, 0.6) is 5.75 Å². The van der Waals surface area contributed by atoms with Gasteiger partial charge < -0.3 is 19.5 Å². The van der Waals surface area contributed by atoms with E-state index in [0.29, 0.717) is 42.2 Å². The second-order valence-electron chi connectivity index (χ2n) is 4.24. The number of nitrogens with one attached hydrogen (secondary N) is 1. The first-order chi connectivity index (χ1) is 9.65. The molecule has 0 aliphatic carbocycles. The SMILES string of the molecule is O=C(COc1ccc(Cl)cc1Cl)NC[C@H]1COCCO1. The Labute approximate surface area is 127 Å². The minimum Gasteiger partial charge on any atom is -0.482 e. The van der Waals surface area contributed by atoms with Gasteiger partial charge in [0.1, 0.15) is 5.75 Å². The van der Waals surface area contributed by atoms with Crippen molar-refractivity contribution in [3.8, 4) is 5.75 Å². The van der Waals surface area contributed by atoms with Crippen molar-refractivity contribution in [3.63, 3.8) is 0 Å². The molecule has 0 spiro atoms. The molecule has 1 heterocycles. The van der Waals surface area contributed by atoms with Gasteiger partial charge in [0.05, 0.1) is 30.9 Å². The smallest absolute Gasteiger partial charge is 0.258 e. The molecular weight excluding hydrogens is 305 g/mol. The van der Waals surface area contributed by atoms with Crippen LogP contribution in [0.4, 0.5) is 0 Å². The highest BCUT2D eigenvalue weighted by atomic mass is 35.5. The van der Waals surface area contributed by atoms with Gasteiger partial charge in [-0.1, -0.05) is 23.2 Å².